The Labute approximate surface area is 292 Å². The molecule has 1 aromatic heterocycles. The van der Waals surface area contributed by atoms with Gasteiger partial charge in [-0.2, -0.15) is 0 Å². The molecule has 0 saturated carbocycles. The first-order valence-electron chi connectivity index (χ1n) is 14.0. The first-order valence-corrected chi connectivity index (χ1v) is 16.9. The van der Waals surface area contributed by atoms with Crippen molar-refractivity contribution in [2.75, 3.05) is 20.0 Å². The number of carbonyl (C=O) groups excluding carboxylic acids is 2. The van der Waals surface area contributed by atoms with Crippen LogP contribution in [0.2, 0.25) is 15.1 Å². The van der Waals surface area contributed by atoms with Crippen molar-refractivity contribution in [2.24, 2.45) is 4.99 Å². The van der Waals surface area contributed by atoms with Gasteiger partial charge in [0, 0.05) is 23.0 Å². The normalized spacial score (nSPS) is 13.1. The highest BCUT2D eigenvalue weighted by atomic mass is 35.5. The highest BCUT2D eigenvalue weighted by Crippen LogP contribution is 2.34. The molecule has 47 heavy (non-hydrogen) atoms. The van der Waals surface area contributed by atoms with Crippen LogP contribution in [0.5, 0.6) is 17.2 Å². The third kappa shape index (κ3) is 10.0. The van der Waals surface area contributed by atoms with Gasteiger partial charge in [-0.25, -0.2) is 18.9 Å². The summed E-state index contributed by atoms with van der Waals surface area (Å²) in [6, 6.07) is 14.4. The fourth-order valence-corrected chi connectivity index (χ4v) is 6.55. The monoisotopic (exact) mass is 743 g/mol. The first kappa shape index (κ1) is 36.3. The van der Waals surface area contributed by atoms with Crippen molar-refractivity contribution in [2.45, 2.75) is 43.9 Å². The Morgan fingerprint density at radius 2 is 1.64 bits per heavy atom. The van der Waals surface area contributed by atoms with Gasteiger partial charge in [0.1, 0.15) is 28.8 Å². The summed E-state index contributed by atoms with van der Waals surface area (Å²) in [5.74, 6) is 0.263. The molecule has 0 N–H and O–H groups in total. The lowest BCUT2D eigenvalue weighted by molar-refractivity contribution is -0.148. The van der Waals surface area contributed by atoms with E-state index in [4.69, 9.17) is 44.3 Å². The lowest BCUT2D eigenvalue weighted by atomic mass is 10.3. The molecule has 3 aromatic carbocycles. The molecule has 5 rings (SSSR count). The van der Waals surface area contributed by atoms with Gasteiger partial charge in [0.25, 0.3) is 0 Å². The van der Waals surface area contributed by atoms with Crippen molar-refractivity contribution in [1.82, 2.24) is 9.36 Å². The molecule has 1 atom stereocenters. The summed E-state index contributed by atoms with van der Waals surface area (Å²) in [6.45, 7) is 2.94. The number of esters is 2. The SMILES string of the molecule is COC(=O)C(C)Oc1ccc(Oc2ccc(Cl)cc2Cl)cc1.COC(=O)CSc1cc(/N=c2\sc(=O)n3n2CCCC3)c(F)cc1Cl. The second-order valence-corrected chi connectivity index (χ2v) is 12.9. The van der Waals surface area contributed by atoms with E-state index in [0.717, 1.165) is 42.0 Å². The minimum atomic E-state index is -0.678. The van der Waals surface area contributed by atoms with Gasteiger partial charge in [0.05, 0.1) is 30.0 Å². The van der Waals surface area contributed by atoms with Gasteiger partial charge in [-0.1, -0.05) is 34.8 Å². The molecule has 0 spiro atoms. The van der Waals surface area contributed by atoms with Crippen molar-refractivity contribution >= 4 is 75.5 Å². The summed E-state index contributed by atoms with van der Waals surface area (Å²) in [5, 5.41) is 1.16. The van der Waals surface area contributed by atoms with E-state index < -0.39 is 23.9 Å². The lowest BCUT2D eigenvalue weighted by Crippen LogP contribution is -2.31. The third-order valence-electron chi connectivity index (χ3n) is 6.47. The molecule has 0 bridgehead atoms. The van der Waals surface area contributed by atoms with Crippen LogP contribution in [0.1, 0.15) is 19.8 Å². The van der Waals surface area contributed by atoms with E-state index in [1.165, 1.54) is 20.3 Å². The van der Waals surface area contributed by atoms with Crippen molar-refractivity contribution in [3.63, 3.8) is 0 Å². The number of methoxy groups -OCH3 is 2. The predicted octanol–water partition coefficient (Wildman–Crippen LogP) is 7.52. The maximum Gasteiger partial charge on any atom is 0.346 e. The van der Waals surface area contributed by atoms with Crippen LogP contribution in [0.25, 0.3) is 0 Å². The first-order chi connectivity index (χ1) is 22.5. The van der Waals surface area contributed by atoms with Crippen LogP contribution in [0.4, 0.5) is 10.1 Å². The van der Waals surface area contributed by atoms with Crippen LogP contribution in [-0.4, -0.2) is 47.4 Å². The van der Waals surface area contributed by atoms with E-state index in [1.54, 1.807) is 58.8 Å². The standard InChI is InChI=1S/C16H14Cl2O4.C15H15ClFN3O3S2/c1-10(16(19)20-2)21-12-4-6-13(7-5-12)22-15-8-3-11(17)9-14(15)18;1-23-13(21)8-24-12-7-11(10(17)6-9(12)16)18-14-19-4-2-3-5-20(19)15(22)25-14/h3-10H,1-2H3;6-7H,2-5,8H2,1H3/b;18-14-. The zero-order chi connectivity index (χ0) is 34.1. The summed E-state index contributed by atoms with van der Waals surface area (Å²) < 4.78 is 37.9. The number of thioether (sulfide) groups is 1. The van der Waals surface area contributed by atoms with Crippen LogP contribution in [-0.2, 0) is 32.2 Å². The van der Waals surface area contributed by atoms with Crippen molar-refractivity contribution in [3.05, 3.63) is 90.0 Å². The smallest absolute Gasteiger partial charge is 0.346 e. The molecule has 250 valence electrons. The number of hydrogen-bond donors (Lipinski definition) is 0. The van der Waals surface area contributed by atoms with Gasteiger partial charge >= 0.3 is 16.8 Å². The molecule has 4 aromatic rings. The molecule has 0 fully saturated rings. The summed E-state index contributed by atoms with van der Waals surface area (Å²) in [6.07, 6.45) is 1.22. The average Bonchev–Trinajstić information content (AvgIpc) is 3.38. The largest absolute Gasteiger partial charge is 0.479 e. The molecule has 1 unspecified atom stereocenters. The molecule has 0 saturated heterocycles. The molecule has 2 heterocycles. The predicted molar refractivity (Wildman–Crippen MR) is 180 cm³/mol. The fraction of sp³-hybridized carbons (Fsp3) is 0.290. The van der Waals surface area contributed by atoms with Gasteiger partial charge in [-0.05, 0) is 85.7 Å². The highest BCUT2D eigenvalue weighted by Gasteiger charge is 2.16. The minimum Gasteiger partial charge on any atom is -0.479 e. The number of hydrogen-bond acceptors (Lipinski definition) is 10. The minimum absolute atomic E-state index is 0.0605. The zero-order valence-electron chi connectivity index (χ0n) is 25.3. The van der Waals surface area contributed by atoms with E-state index in [1.807, 2.05) is 0 Å². The molecule has 10 nitrogen and oxygen atoms in total. The number of aromatic nitrogens is 2. The Hall–Kier alpha value is -3.49. The van der Waals surface area contributed by atoms with Gasteiger partial charge in [0.15, 0.2) is 6.10 Å². The van der Waals surface area contributed by atoms with Crippen molar-refractivity contribution < 1.29 is 32.9 Å². The topological polar surface area (TPSA) is 110 Å². The number of nitrogens with zero attached hydrogens (tertiary/aromatic N) is 3. The number of ether oxygens (including phenoxy) is 4. The molecular weight excluding hydrogens is 716 g/mol. The molecule has 16 heteroatoms. The van der Waals surface area contributed by atoms with Gasteiger partial charge < -0.3 is 18.9 Å². The Bertz CT molecular complexity index is 1860. The van der Waals surface area contributed by atoms with Crippen LogP contribution < -0.4 is 19.1 Å². The van der Waals surface area contributed by atoms with E-state index in [2.05, 4.69) is 14.5 Å². The number of fused-ring (bicyclic) bond motifs is 1. The average molecular weight is 745 g/mol. The molecular formula is C31H29Cl3FN3O7S2. The summed E-state index contributed by atoms with van der Waals surface area (Å²) in [7, 11) is 2.61. The summed E-state index contributed by atoms with van der Waals surface area (Å²) >= 11 is 20.0. The Kier molecular flexibility index (Phi) is 13.2. The Morgan fingerprint density at radius 1 is 0.957 bits per heavy atom. The van der Waals surface area contributed by atoms with E-state index >= 15 is 0 Å². The maximum atomic E-state index is 14.3. The Morgan fingerprint density at radius 3 is 2.30 bits per heavy atom. The van der Waals surface area contributed by atoms with E-state index in [-0.39, 0.29) is 21.3 Å². The molecule has 1 aliphatic rings. The number of benzene rings is 3. The molecule has 0 amide bonds. The van der Waals surface area contributed by atoms with E-state index in [0.29, 0.717) is 50.1 Å². The number of halogens is 4. The van der Waals surface area contributed by atoms with Crippen LogP contribution in [0.15, 0.2) is 69.3 Å². The maximum absolute atomic E-state index is 14.3. The van der Waals surface area contributed by atoms with Crippen LogP contribution >= 0.6 is 57.9 Å². The number of carbonyl (C=O) groups is 2. The molecule has 0 radical (unpaired) electrons. The zero-order valence-corrected chi connectivity index (χ0v) is 29.2. The third-order valence-corrected chi connectivity index (χ3v) is 9.33. The quantitative estimate of drug-likeness (QED) is 0.128. The van der Waals surface area contributed by atoms with Crippen molar-refractivity contribution in [1.29, 1.82) is 0 Å². The Balaban J connectivity index is 0.000000215. The highest BCUT2D eigenvalue weighted by molar-refractivity contribution is 8.00. The molecule has 0 aliphatic carbocycles. The second kappa shape index (κ2) is 17.1. The lowest BCUT2D eigenvalue weighted by Gasteiger charge is -2.15. The summed E-state index contributed by atoms with van der Waals surface area (Å²) in [5.41, 5.74) is 0.0829. The van der Waals surface area contributed by atoms with Crippen LogP contribution in [0.3, 0.4) is 0 Å². The summed E-state index contributed by atoms with van der Waals surface area (Å²) in [4.78, 5) is 39.8. The van der Waals surface area contributed by atoms with Gasteiger partial charge in [-0.15, -0.1) is 11.8 Å². The van der Waals surface area contributed by atoms with Crippen molar-refractivity contribution in [3.8, 4) is 17.2 Å². The fourth-order valence-electron chi connectivity index (χ4n) is 4.12. The van der Waals surface area contributed by atoms with E-state index in [9.17, 15) is 18.8 Å². The second-order valence-electron chi connectivity index (χ2n) is 9.75. The van der Waals surface area contributed by atoms with Gasteiger partial charge in [-0.3, -0.25) is 14.3 Å². The number of rotatable bonds is 9. The van der Waals surface area contributed by atoms with Crippen LogP contribution in [0, 0.1) is 5.82 Å². The van der Waals surface area contributed by atoms with Gasteiger partial charge in [0.2, 0.25) is 4.80 Å². The molecule has 1 aliphatic heterocycles.